The third kappa shape index (κ3) is 5.46. The van der Waals surface area contributed by atoms with Crippen LogP contribution in [0.3, 0.4) is 0 Å². The van der Waals surface area contributed by atoms with Crippen LogP contribution in [0.2, 0.25) is 5.02 Å². The van der Waals surface area contributed by atoms with E-state index in [1.54, 1.807) is 24.3 Å². The molecular formula is C19H23ClN2O2S. The van der Waals surface area contributed by atoms with Gasteiger partial charge in [-0.15, -0.1) is 0 Å². The predicted molar refractivity (Wildman–Crippen MR) is 104 cm³/mol. The summed E-state index contributed by atoms with van der Waals surface area (Å²) in [5.74, 6) is -0.0541. The number of nitrogens with zero attached hydrogens (tertiary/aromatic N) is 1. The molecule has 25 heavy (non-hydrogen) atoms. The molecule has 1 N–H and O–H groups in total. The molecule has 134 valence electrons. The van der Waals surface area contributed by atoms with E-state index in [1.807, 2.05) is 0 Å². The van der Waals surface area contributed by atoms with Crippen molar-refractivity contribution in [2.45, 2.75) is 25.0 Å². The highest BCUT2D eigenvalue weighted by atomic mass is 35.5. The van der Waals surface area contributed by atoms with Crippen molar-refractivity contribution in [2.75, 3.05) is 24.5 Å². The highest BCUT2D eigenvalue weighted by molar-refractivity contribution is 7.88. The van der Waals surface area contributed by atoms with Gasteiger partial charge in [-0.1, -0.05) is 35.9 Å². The third-order valence-electron chi connectivity index (χ3n) is 4.39. The van der Waals surface area contributed by atoms with Gasteiger partial charge in [0.25, 0.3) is 0 Å². The third-order valence-corrected chi connectivity index (χ3v) is 5.98. The van der Waals surface area contributed by atoms with Crippen LogP contribution in [0.5, 0.6) is 0 Å². The van der Waals surface area contributed by atoms with Gasteiger partial charge in [-0.05, 0) is 54.7 Å². The molecule has 1 aliphatic heterocycles. The average molecular weight is 379 g/mol. The van der Waals surface area contributed by atoms with Gasteiger partial charge in [0.2, 0.25) is 10.0 Å². The van der Waals surface area contributed by atoms with Crippen molar-refractivity contribution in [1.29, 1.82) is 0 Å². The molecule has 6 heteroatoms. The lowest BCUT2D eigenvalue weighted by molar-refractivity contribution is 0.581. The van der Waals surface area contributed by atoms with Crippen LogP contribution in [0.15, 0.2) is 48.5 Å². The summed E-state index contributed by atoms with van der Waals surface area (Å²) in [4.78, 5) is 2.39. The molecule has 0 amide bonds. The van der Waals surface area contributed by atoms with Crippen LogP contribution in [-0.4, -0.2) is 28.1 Å². The SMILES string of the molecule is O=S(=O)(Cc1cccc(Cl)c1)NCCc1ccc(N2CCCC2)cc1. The second-order valence-corrected chi connectivity index (χ2v) is 8.64. The second kappa shape index (κ2) is 8.21. The molecule has 1 aliphatic rings. The summed E-state index contributed by atoms with van der Waals surface area (Å²) in [6, 6.07) is 15.4. The molecule has 2 aromatic carbocycles. The Hall–Kier alpha value is -1.56. The van der Waals surface area contributed by atoms with Crippen LogP contribution < -0.4 is 9.62 Å². The average Bonchev–Trinajstić information content (AvgIpc) is 3.09. The molecule has 0 bridgehead atoms. The fourth-order valence-corrected chi connectivity index (χ4v) is 4.44. The highest BCUT2D eigenvalue weighted by Crippen LogP contribution is 2.20. The van der Waals surface area contributed by atoms with Crippen molar-refractivity contribution >= 4 is 27.3 Å². The minimum absolute atomic E-state index is 0.0541. The Kier molecular flexibility index (Phi) is 5.99. The van der Waals surface area contributed by atoms with Gasteiger partial charge in [-0.25, -0.2) is 13.1 Å². The summed E-state index contributed by atoms with van der Waals surface area (Å²) in [5, 5.41) is 0.547. The van der Waals surface area contributed by atoms with E-state index in [1.165, 1.54) is 18.5 Å². The van der Waals surface area contributed by atoms with Gasteiger partial charge in [0.05, 0.1) is 5.75 Å². The first kappa shape index (κ1) is 18.2. The van der Waals surface area contributed by atoms with E-state index in [2.05, 4.69) is 33.9 Å². The zero-order valence-corrected chi connectivity index (χ0v) is 15.7. The zero-order chi connectivity index (χ0) is 17.7. The summed E-state index contributed by atoms with van der Waals surface area (Å²) >= 11 is 5.90. The predicted octanol–water partition coefficient (Wildman–Crippen LogP) is 3.60. The van der Waals surface area contributed by atoms with Gasteiger partial charge in [-0.2, -0.15) is 0 Å². The Bertz CT molecular complexity index is 800. The number of hydrogen-bond donors (Lipinski definition) is 1. The van der Waals surface area contributed by atoms with Gasteiger partial charge in [-0.3, -0.25) is 0 Å². The fraction of sp³-hybridized carbons (Fsp3) is 0.368. The first-order chi connectivity index (χ1) is 12.0. The van der Waals surface area contributed by atoms with Crippen LogP contribution in [0, 0.1) is 0 Å². The summed E-state index contributed by atoms with van der Waals surface area (Å²) in [6.07, 6.45) is 3.20. The maximum atomic E-state index is 12.2. The molecule has 0 unspecified atom stereocenters. The number of anilines is 1. The number of nitrogens with one attached hydrogen (secondary N) is 1. The van der Waals surface area contributed by atoms with E-state index in [4.69, 9.17) is 11.6 Å². The summed E-state index contributed by atoms with van der Waals surface area (Å²) in [5.41, 5.74) is 3.08. The lowest BCUT2D eigenvalue weighted by Gasteiger charge is -2.17. The van der Waals surface area contributed by atoms with Crippen LogP contribution >= 0.6 is 11.6 Å². The maximum absolute atomic E-state index is 12.2. The van der Waals surface area contributed by atoms with Crippen molar-refractivity contribution in [1.82, 2.24) is 4.72 Å². The molecule has 0 aliphatic carbocycles. The molecule has 3 rings (SSSR count). The Balaban J connectivity index is 1.49. The Morgan fingerprint density at radius 3 is 2.40 bits per heavy atom. The van der Waals surface area contributed by atoms with Crippen molar-refractivity contribution in [2.24, 2.45) is 0 Å². The smallest absolute Gasteiger partial charge is 0.215 e. The molecule has 0 atom stereocenters. The lowest BCUT2D eigenvalue weighted by Crippen LogP contribution is -2.27. The number of benzene rings is 2. The standard InChI is InChI=1S/C19H23ClN2O2S/c20-18-5-3-4-17(14-18)15-25(23,24)21-11-10-16-6-8-19(9-7-16)22-12-1-2-13-22/h3-9,14,21H,1-2,10-13,15H2. The molecule has 2 aromatic rings. The van der Waals surface area contributed by atoms with Crippen molar-refractivity contribution in [3.05, 3.63) is 64.7 Å². The molecule has 0 spiro atoms. The molecule has 1 heterocycles. The zero-order valence-electron chi connectivity index (χ0n) is 14.1. The van der Waals surface area contributed by atoms with E-state index in [0.717, 1.165) is 18.7 Å². The van der Waals surface area contributed by atoms with Crippen LogP contribution in [0.25, 0.3) is 0 Å². The van der Waals surface area contributed by atoms with Gasteiger partial charge in [0.1, 0.15) is 0 Å². The first-order valence-electron chi connectivity index (χ1n) is 8.57. The molecule has 4 nitrogen and oxygen atoms in total. The van der Waals surface area contributed by atoms with Gasteiger partial charge in [0, 0.05) is 30.3 Å². The number of rotatable bonds is 7. The van der Waals surface area contributed by atoms with E-state index in [0.29, 0.717) is 23.6 Å². The van der Waals surface area contributed by atoms with Crippen LogP contribution in [0.1, 0.15) is 24.0 Å². The molecule has 0 saturated carbocycles. The van der Waals surface area contributed by atoms with E-state index >= 15 is 0 Å². The van der Waals surface area contributed by atoms with Crippen LogP contribution in [-0.2, 0) is 22.2 Å². The second-order valence-electron chi connectivity index (χ2n) is 6.39. The summed E-state index contributed by atoms with van der Waals surface area (Å²) in [6.45, 7) is 2.65. The molecule has 0 aromatic heterocycles. The molecular weight excluding hydrogens is 356 g/mol. The van der Waals surface area contributed by atoms with E-state index in [-0.39, 0.29) is 5.75 Å². The topological polar surface area (TPSA) is 49.4 Å². The Morgan fingerprint density at radius 2 is 1.72 bits per heavy atom. The van der Waals surface area contributed by atoms with Crippen molar-refractivity contribution in [3.8, 4) is 0 Å². The highest BCUT2D eigenvalue weighted by Gasteiger charge is 2.13. The quantitative estimate of drug-likeness (QED) is 0.800. The molecule has 1 saturated heterocycles. The van der Waals surface area contributed by atoms with E-state index in [9.17, 15) is 8.42 Å². The minimum atomic E-state index is -3.36. The largest absolute Gasteiger partial charge is 0.372 e. The molecule has 0 radical (unpaired) electrons. The minimum Gasteiger partial charge on any atom is -0.372 e. The van der Waals surface area contributed by atoms with E-state index < -0.39 is 10.0 Å². The fourth-order valence-electron chi connectivity index (χ4n) is 3.10. The number of hydrogen-bond acceptors (Lipinski definition) is 3. The maximum Gasteiger partial charge on any atom is 0.215 e. The summed E-state index contributed by atoms with van der Waals surface area (Å²) in [7, 11) is -3.36. The Labute approximate surface area is 154 Å². The molecule has 1 fully saturated rings. The monoisotopic (exact) mass is 378 g/mol. The van der Waals surface area contributed by atoms with Gasteiger partial charge < -0.3 is 4.90 Å². The Morgan fingerprint density at radius 1 is 1.00 bits per heavy atom. The lowest BCUT2D eigenvalue weighted by atomic mass is 10.1. The summed E-state index contributed by atoms with van der Waals surface area (Å²) < 4.78 is 27.0. The number of sulfonamides is 1. The normalized spacial score (nSPS) is 14.8. The number of halogens is 1. The van der Waals surface area contributed by atoms with Crippen molar-refractivity contribution in [3.63, 3.8) is 0 Å². The van der Waals surface area contributed by atoms with Crippen LogP contribution in [0.4, 0.5) is 5.69 Å². The van der Waals surface area contributed by atoms with Gasteiger partial charge >= 0.3 is 0 Å². The van der Waals surface area contributed by atoms with Gasteiger partial charge in [0.15, 0.2) is 0 Å². The first-order valence-corrected chi connectivity index (χ1v) is 10.6. The van der Waals surface area contributed by atoms with Crippen molar-refractivity contribution < 1.29 is 8.42 Å².